The van der Waals surface area contributed by atoms with E-state index in [0.717, 1.165) is 0 Å². The van der Waals surface area contributed by atoms with Crippen LogP contribution in [0.15, 0.2) is 0 Å². The fourth-order valence-electron chi connectivity index (χ4n) is 1.20. The number of rotatable bonds is 5. The third-order valence-corrected chi connectivity index (χ3v) is 2.71. The number of benzene rings is 1. The second-order valence-electron chi connectivity index (χ2n) is 3.52. The molecule has 0 aliphatic carbocycles. The van der Waals surface area contributed by atoms with E-state index in [9.17, 15) is 26.7 Å². The van der Waals surface area contributed by atoms with Crippen LogP contribution in [0.4, 0.5) is 22.0 Å². The fourth-order valence-corrected chi connectivity index (χ4v) is 1.60. The molecule has 2 nitrogen and oxygen atoms in total. The Morgan fingerprint density at radius 1 is 0.895 bits per heavy atom. The molecule has 1 aromatic carbocycles. The predicted octanol–water partition coefficient (Wildman–Crippen LogP) is 3.85. The molecular formula is C11H8BrF5O2. The van der Waals surface area contributed by atoms with E-state index < -0.39 is 40.8 Å². The number of alkyl halides is 1. The van der Waals surface area contributed by atoms with E-state index >= 15 is 0 Å². The van der Waals surface area contributed by atoms with E-state index in [-0.39, 0.29) is 6.42 Å². The highest BCUT2D eigenvalue weighted by atomic mass is 79.9. The number of carbonyl (C=O) groups excluding carboxylic acids is 1. The zero-order valence-electron chi connectivity index (χ0n) is 9.41. The van der Waals surface area contributed by atoms with Crippen LogP contribution >= 0.6 is 15.9 Å². The molecule has 1 rings (SSSR count). The number of carbonyl (C=O) groups is 1. The van der Waals surface area contributed by atoms with Gasteiger partial charge in [0.15, 0.2) is 0 Å². The van der Waals surface area contributed by atoms with Gasteiger partial charge in [0.05, 0.1) is 0 Å². The first-order valence-corrected chi connectivity index (χ1v) is 6.30. The Labute approximate surface area is 113 Å². The standard InChI is InChI=1S/C11H8BrF5O2/c12-4-2-1-3-5(18)19-11-9(16)7(14)6(13)8(15)10(11)17/h1-4H2. The Balaban J connectivity index is 2.93. The zero-order chi connectivity index (χ0) is 14.6. The molecule has 19 heavy (non-hydrogen) atoms. The minimum atomic E-state index is -2.30. The molecule has 0 aliphatic rings. The maximum Gasteiger partial charge on any atom is 0.311 e. The fraction of sp³-hybridized carbons (Fsp3) is 0.364. The van der Waals surface area contributed by atoms with Gasteiger partial charge in [0.1, 0.15) is 0 Å². The quantitative estimate of drug-likeness (QED) is 0.154. The Bertz CT molecular complexity index is 463. The minimum Gasteiger partial charge on any atom is -0.420 e. The second kappa shape index (κ2) is 6.83. The third-order valence-electron chi connectivity index (χ3n) is 2.15. The molecule has 0 saturated carbocycles. The summed E-state index contributed by atoms with van der Waals surface area (Å²) in [4.78, 5) is 11.2. The molecule has 0 unspecified atom stereocenters. The monoisotopic (exact) mass is 346 g/mol. The summed E-state index contributed by atoms with van der Waals surface area (Å²) < 4.78 is 68.8. The largest absolute Gasteiger partial charge is 0.420 e. The van der Waals surface area contributed by atoms with Gasteiger partial charge in [-0.2, -0.15) is 8.78 Å². The molecule has 0 saturated heterocycles. The van der Waals surface area contributed by atoms with E-state index in [1.165, 1.54) is 0 Å². The van der Waals surface area contributed by atoms with Gasteiger partial charge in [-0.3, -0.25) is 4.79 Å². The lowest BCUT2D eigenvalue weighted by Crippen LogP contribution is -2.13. The predicted molar refractivity (Wildman–Crippen MR) is 59.5 cm³/mol. The second-order valence-corrected chi connectivity index (χ2v) is 4.31. The van der Waals surface area contributed by atoms with Crippen molar-refractivity contribution in [2.45, 2.75) is 19.3 Å². The van der Waals surface area contributed by atoms with E-state index in [1.54, 1.807) is 0 Å². The van der Waals surface area contributed by atoms with Crippen molar-refractivity contribution >= 4 is 21.9 Å². The van der Waals surface area contributed by atoms with Crippen LogP contribution < -0.4 is 4.74 Å². The zero-order valence-corrected chi connectivity index (χ0v) is 11.0. The van der Waals surface area contributed by atoms with Crippen molar-refractivity contribution in [3.8, 4) is 5.75 Å². The van der Waals surface area contributed by atoms with E-state index in [0.29, 0.717) is 18.2 Å². The molecule has 0 atom stereocenters. The number of halogens is 6. The smallest absolute Gasteiger partial charge is 0.311 e. The van der Waals surface area contributed by atoms with Gasteiger partial charge in [-0.1, -0.05) is 15.9 Å². The van der Waals surface area contributed by atoms with Crippen LogP contribution in [0.2, 0.25) is 0 Å². The van der Waals surface area contributed by atoms with Crippen LogP contribution in [0.5, 0.6) is 5.75 Å². The molecular weight excluding hydrogens is 339 g/mol. The highest BCUT2D eigenvalue weighted by molar-refractivity contribution is 9.09. The number of unbranched alkanes of at least 4 members (excludes halogenated alkanes) is 1. The summed E-state index contributed by atoms with van der Waals surface area (Å²) in [5.41, 5.74) is 0. The van der Waals surface area contributed by atoms with Crippen molar-refractivity contribution in [1.29, 1.82) is 0 Å². The molecule has 0 aliphatic heterocycles. The topological polar surface area (TPSA) is 26.3 Å². The summed E-state index contributed by atoms with van der Waals surface area (Å²) in [7, 11) is 0. The van der Waals surface area contributed by atoms with E-state index in [1.807, 2.05) is 0 Å². The molecule has 106 valence electrons. The number of hydrogen-bond acceptors (Lipinski definition) is 2. The molecule has 8 heteroatoms. The number of esters is 1. The molecule has 0 bridgehead atoms. The van der Waals surface area contributed by atoms with Gasteiger partial charge >= 0.3 is 5.97 Å². The van der Waals surface area contributed by atoms with Crippen LogP contribution in [-0.4, -0.2) is 11.3 Å². The lowest BCUT2D eigenvalue weighted by atomic mass is 10.2. The lowest BCUT2D eigenvalue weighted by molar-refractivity contribution is -0.135. The molecule has 1 aromatic rings. The molecule has 0 N–H and O–H groups in total. The Morgan fingerprint density at radius 2 is 1.37 bits per heavy atom. The first kappa shape index (κ1) is 15.9. The van der Waals surface area contributed by atoms with E-state index in [4.69, 9.17) is 0 Å². The average molecular weight is 347 g/mol. The summed E-state index contributed by atoms with van der Waals surface area (Å²) in [6, 6.07) is 0. The number of hydrogen-bond donors (Lipinski definition) is 0. The first-order valence-electron chi connectivity index (χ1n) is 5.18. The molecule has 0 radical (unpaired) electrons. The van der Waals surface area contributed by atoms with Gasteiger partial charge in [-0.15, -0.1) is 0 Å². The van der Waals surface area contributed by atoms with Crippen LogP contribution in [0.3, 0.4) is 0 Å². The van der Waals surface area contributed by atoms with Gasteiger partial charge in [0.2, 0.25) is 34.8 Å². The van der Waals surface area contributed by atoms with Gasteiger partial charge in [-0.25, -0.2) is 13.2 Å². The lowest BCUT2D eigenvalue weighted by Gasteiger charge is -2.08. The Morgan fingerprint density at radius 3 is 1.84 bits per heavy atom. The molecule has 0 heterocycles. The molecule has 0 aromatic heterocycles. The Kier molecular flexibility index (Phi) is 5.71. The van der Waals surface area contributed by atoms with E-state index in [2.05, 4.69) is 20.7 Å². The van der Waals surface area contributed by atoms with Gasteiger partial charge in [0.25, 0.3) is 0 Å². The highest BCUT2D eigenvalue weighted by Gasteiger charge is 2.28. The molecule has 0 fully saturated rings. The van der Waals surface area contributed by atoms with Gasteiger partial charge in [0, 0.05) is 11.8 Å². The van der Waals surface area contributed by atoms with Crippen LogP contribution in [0.25, 0.3) is 0 Å². The van der Waals surface area contributed by atoms with Crippen molar-refractivity contribution in [2.24, 2.45) is 0 Å². The summed E-state index contributed by atoms with van der Waals surface area (Å²) >= 11 is 3.10. The summed E-state index contributed by atoms with van der Waals surface area (Å²) in [5, 5.41) is 0.614. The van der Waals surface area contributed by atoms with Gasteiger partial charge in [-0.05, 0) is 12.8 Å². The summed E-state index contributed by atoms with van der Waals surface area (Å²) in [5.74, 6) is -13.6. The highest BCUT2D eigenvalue weighted by Crippen LogP contribution is 2.29. The van der Waals surface area contributed by atoms with Gasteiger partial charge < -0.3 is 4.74 Å². The minimum absolute atomic E-state index is 0.189. The maximum absolute atomic E-state index is 13.1. The maximum atomic E-state index is 13.1. The summed E-state index contributed by atoms with van der Waals surface area (Å²) in [6.45, 7) is 0. The number of ether oxygens (including phenoxy) is 1. The van der Waals surface area contributed by atoms with Crippen LogP contribution in [-0.2, 0) is 4.79 Å². The summed E-state index contributed by atoms with van der Waals surface area (Å²) in [6.07, 6.45) is 0.775. The Hall–Kier alpha value is -1.18. The van der Waals surface area contributed by atoms with Crippen molar-refractivity contribution < 1.29 is 31.5 Å². The molecule has 0 spiro atoms. The van der Waals surface area contributed by atoms with Crippen LogP contribution in [0, 0.1) is 29.1 Å². The first-order chi connectivity index (χ1) is 8.90. The third kappa shape index (κ3) is 3.65. The van der Waals surface area contributed by atoms with Crippen LogP contribution in [0.1, 0.15) is 19.3 Å². The van der Waals surface area contributed by atoms with Crippen molar-refractivity contribution in [2.75, 3.05) is 5.33 Å². The average Bonchev–Trinajstić information content (AvgIpc) is 2.39. The molecule has 0 amide bonds. The normalized spacial score (nSPS) is 10.6. The van der Waals surface area contributed by atoms with Crippen molar-refractivity contribution in [3.63, 3.8) is 0 Å². The van der Waals surface area contributed by atoms with Crippen molar-refractivity contribution in [1.82, 2.24) is 0 Å². The SMILES string of the molecule is O=C(CCCCBr)Oc1c(F)c(F)c(F)c(F)c1F. The van der Waals surface area contributed by atoms with Crippen molar-refractivity contribution in [3.05, 3.63) is 29.1 Å².